The Morgan fingerprint density at radius 2 is 2.06 bits per heavy atom. The van der Waals surface area contributed by atoms with E-state index < -0.39 is 5.92 Å². The molecule has 0 spiro atoms. The third kappa shape index (κ3) is 2.49. The van der Waals surface area contributed by atoms with Crippen molar-refractivity contribution in [2.24, 2.45) is 0 Å². The lowest BCUT2D eigenvalue weighted by atomic mass is 10.1. The van der Waals surface area contributed by atoms with Crippen molar-refractivity contribution in [3.63, 3.8) is 0 Å². The minimum Gasteiger partial charge on any atom is -0.355 e. The third-order valence-electron chi connectivity index (χ3n) is 2.86. The summed E-state index contributed by atoms with van der Waals surface area (Å²) in [4.78, 5) is 9.94. The molecule has 6 heteroatoms. The first-order chi connectivity index (χ1) is 8.02. The van der Waals surface area contributed by atoms with E-state index in [0.29, 0.717) is 11.5 Å². The maximum atomic E-state index is 13.0. The molecular weight excluding hydrogens is 226 g/mol. The van der Waals surface area contributed by atoms with Crippen LogP contribution in [0.1, 0.15) is 24.2 Å². The van der Waals surface area contributed by atoms with Crippen molar-refractivity contribution in [1.82, 2.24) is 9.97 Å². The number of alkyl halides is 2. The van der Waals surface area contributed by atoms with E-state index in [0.717, 1.165) is 0 Å². The largest absolute Gasteiger partial charge is 0.355 e. The fourth-order valence-corrected chi connectivity index (χ4v) is 1.79. The summed E-state index contributed by atoms with van der Waals surface area (Å²) in [5.74, 6) is -2.00. The Balaban J connectivity index is 2.14. The van der Waals surface area contributed by atoms with Crippen LogP contribution in [0.2, 0.25) is 0 Å². The van der Waals surface area contributed by atoms with E-state index in [2.05, 4.69) is 9.97 Å². The molecule has 1 saturated heterocycles. The van der Waals surface area contributed by atoms with Gasteiger partial charge in [0.1, 0.15) is 11.9 Å². The lowest BCUT2D eigenvalue weighted by molar-refractivity contribution is -0.0221. The van der Waals surface area contributed by atoms with Crippen LogP contribution in [-0.4, -0.2) is 29.0 Å². The Morgan fingerprint density at radius 3 is 2.59 bits per heavy atom. The van der Waals surface area contributed by atoms with Crippen molar-refractivity contribution in [2.45, 2.75) is 25.7 Å². The summed E-state index contributed by atoms with van der Waals surface area (Å²) in [5.41, 5.74) is 0.804. The second-order valence-electron chi connectivity index (χ2n) is 4.12. The maximum Gasteiger partial charge on any atom is 0.251 e. The van der Waals surface area contributed by atoms with Gasteiger partial charge in [-0.05, 0) is 6.92 Å². The molecule has 0 aromatic carbocycles. The summed E-state index contributed by atoms with van der Waals surface area (Å²) in [6.07, 6.45) is 1.15. The van der Waals surface area contributed by atoms with Gasteiger partial charge >= 0.3 is 0 Å². The molecular formula is C11H12F2N4. The van der Waals surface area contributed by atoms with E-state index in [1.165, 1.54) is 6.20 Å². The quantitative estimate of drug-likeness (QED) is 0.749. The average molecular weight is 238 g/mol. The van der Waals surface area contributed by atoms with Crippen molar-refractivity contribution < 1.29 is 8.78 Å². The lowest BCUT2D eigenvalue weighted by Gasteiger charge is -2.32. The van der Waals surface area contributed by atoms with E-state index in [4.69, 9.17) is 5.26 Å². The number of nitriles is 1. The zero-order chi connectivity index (χ0) is 12.5. The Morgan fingerprint density at radius 1 is 1.41 bits per heavy atom. The van der Waals surface area contributed by atoms with Crippen LogP contribution in [0, 0.1) is 18.3 Å². The van der Waals surface area contributed by atoms with Gasteiger partial charge in [-0.25, -0.2) is 18.7 Å². The summed E-state index contributed by atoms with van der Waals surface area (Å²) in [6, 6.07) is 1.93. The van der Waals surface area contributed by atoms with Gasteiger partial charge in [0.05, 0.1) is 11.9 Å². The lowest BCUT2D eigenvalue weighted by Crippen LogP contribution is -2.39. The minimum absolute atomic E-state index is 0.159. The molecule has 0 bridgehead atoms. The van der Waals surface area contributed by atoms with Gasteiger partial charge in [-0.15, -0.1) is 0 Å². The summed E-state index contributed by atoms with van der Waals surface area (Å²) in [7, 11) is 0. The van der Waals surface area contributed by atoms with Gasteiger partial charge in [0.2, 0.25) is 0 Å². The molecule has 1 aromatic rings. The van der Waals surface area contributed by atoms with E-state index in [1.54, 1.807) is 11.8 Å². The molecule has 0 N–H and O–H groups in total. The zero-order valence-corrected chi connectivity index (χ0v) is 9.45. The predicted molar refractivity (Wildman–Crippen MR) is 57.9 cm³/mol. The monoisotopic (exact) mass is 238 g/mol. The molecule has 0 unspecified atom stereocenters. The van der Waals surface area contributed by atoms with E-state index >= 15 is 0 Å². The third-order valence-corrected chi connectivity index (χ3v) is 2.86. The first-order valence-corrected chi connectivity index (χ1v) is 5.38. The van der Waals surface area contributed by atoms with Crippen LogP contribution in [0.25, 0.3) is 0 Å². The number of halogens is 2. The van der Waals surface area contributed by atoms with Crippen LogP contribution in [0.3, 0.4) is 0 Å². The minimum atomic E-state index is -2.56. The summed E-state index contributed by atoms with van der Waals surface area (Å²) >= 11 is 0. The number of nitrogens with zero attached hydrogens (tertiary/aromatic N) is 4. The SMILES string of the molecule is Cc1nc(N2CCC(F)(F)CC2)cnc1C#N. The standard InChI is InChI=1S/C11H12F2N4/c1-8-9(6-14)15-7-10(16-8)17-4-2-11(12,13)3-5-17/h7H,2-5H2,1H3. The van der Waals surface area contributed by atoms with Gasteiger partial charge in [0.15, 0.2) is 5.69 Å². The predicted octanol–water partition coefficient (Wildman–Crippen LogP) is 1.89. The van der Waals surface area contributed by atoms with Gasteiger partial charge < -0.3 is 4.90 Å². The molecule has 1 fully saturated rings. The Bertz CT molecular complexity index is 457. The fraction of sp³-hybridized carbons (Fsp3) is 0.545. The summed E-state index contributed by atoms with van der Waals surface area (Å²) in [6.45, 7) is 2.23. The number of aryl methyl sites for hydroxylation is 1. The zero-order valence-electron chi connectivity index (χ0n) is 9.45. The smallest absolute Gasteiger partial charge is 0.251 e. The highest BCUT2D eigenvalue weighted by atomic mass is 19.3. The van der Waals surface area contributed by atoms with Gasteiger partial charge in [0, 0.05) is 25.9 Å². The maximum absolute atomic E-state index is 13.0. The van der Waals surface area contributed by atoms with Crippen LogP contribution in [0.15, 0.2) is 6.20 Å². The Hall–Kier alpha value is -1.77. The first-order valence-electron chi connectivity index (χ1n) is 5.38. The molecule has 2 heterocycles. The van der Waals surface area contributed by atoms with Crippen molar-refractivity contribution in [2.75, 3.05) is 18.0 Å². The molecule has 2 rings (SSSR count). The van der Waals surface area contributed by atoms with E-state index in [9.17, 15) is 8.78 Å². The van der Waals surface area contributed by atoms with Gasteiger partial charge in [-0.2, -0.15) is 5.26 Å². The molecule has 0 aliphatic carbocycles. The van der Waals surface area contributed by atoms with Gasteiger partial charge in [0.25, 0.3) is 5.92 Å². The molecule has 1 aliphatic heterocycles. The Labute approximate surface area is 97.9 Å². The number of rotatable bonds is 1. The average Bonchev–Trinajstić information content (AvgIpc) is 2.29. The van der Waals surface area contributed by atoms with Crippen LogP contribution >= 0.6 is 0 Å². The molecule has 0 atom stereocenters. The fourth-order valence-electron chi connectivity index (χ4n) is 1.79. The van der Waals surface area contributed by atoms with Gasteiger partial charge in [-0.1, -0.05) is 0 Å². The molecule has 4 nitrogen and oxygen atoms in total. The second kappa shape index (κ2) is 4.24. The molecule has 0 radical (unpaired) electrons. The molecule has 90 valence electrons. The van der Waals surface area contributed by atoms with Crippen LogP contribution in [0.5, 0.6) is 0 Å². The van der Waals surface area contributed by atoms with Crippen molar-refractivity contribution >= 4 is 5.82 Å². The topological polar surface area (TPSA) is 52.8 Å². The highest BCUT2D eigenvalue weighted by Crippen LogP contribution is 2.29. The molecule has 1 aromatic heterocycles. The van der Waals surface area contributed by atoms with Crippen LogP contribution < -0.4 is 4.90 Å². The van der Waals surface area contributed by atoms with E-state index in [1.807, 2.05) is 6.07 Å². The van der Waals surface area contributed by atoms with E-state index in [-0.39, 0.29) is 31.6 Å². The van der Waals surface area contributed by atoms with Crippen LogP contribution in [-0.2, 0) is 0 Å². The number of piperidine rings is 1. The number of anilines is 1. The normalized spacial score (nSPS) is 18.8. The van der Waals surface area contributed by atoms with Crippen LogP contribution in [0.4, 0.5) is 14.6 Å². The number of aromatic nitrogens is 2. The van der Waals surface area contributed by atoms with Crippen molar-refractivity contribution in [3.8, 4) is 6.07 Å². The molecule has 0 saturated carbocycles. The van der Waals surface area contributed by atoms with Crippen molar-refractivity contribution in [3.05, 3.63) is 17.6 Å². The van der Waals surface area contributed by atoms with Gasteiger partial charge in [-0.3, -0.25) is 0 Å². The Kier molecular flexibility index (Phi) is 2.92. The molecule has 1 aliphatic rings. The first kappa shape index (κ1) is 11.7. The summed E-state index contributed by atoms with van der Waals surface area (Å²) in [5, 5.41) is 8.72. The highest BCUT2D eigenvalue weighted by Gasteiger charge is 2.34. The molecule has 17 heavy (non-hydrogen) atoms. The second-order valence-corrected chi connectivity index (χ2v) is 4.12. The number of hydrogen-bond acceptors (Lipinski definition) is 4. The summed E-state index contributed by atoms with van der Waals surface area (Å²) < 4.78 is 26.0. The number of hydrogen-bond donors (Lipinski definition) is 0. The molecule has 0 amide bonds. The highest BCUT2D eigenvalue weighted by molar-refractivity contribution is 5.40. The van der Waals surface area contributed by atoms with Crippen molar-refractivity contribution in [1.29, 1.82) is 5.26 Å².